The van der Waals surface area contributed by atoms with Crippen LogP contribution in [-0.4, -0.2) is 29.1 Å². The largest absolute Gasteiger partial charge is 0.478 e. The minimum atomic E-state index is -1.06. The average Bonchev–Trinajstić information content (AvgIpc) is 2.28. The Balaban J connectivity index is 2.67. The summed E-state index contributed by atoms with van der Waals surface area (Å²) < 4.78 is 0. The number of carbonyl (C=O) groups excluding carboxylic acids is 1. The molecule has 0 heterocycles. The van der Waals surface area contributed by atoms with Crippen LogP contribution in [0.5, 0.6) is 0 Å². The van der Waals surface area contributed by atoms with E-state index in [1.807, 2.05) is 20.8 Å². The van der Waals surface area contributed by atoms with Crippen molar-refractivity contribution in [3.63, 3.8) is 0 Å². The molecule has 0 saturated heterocycles. The highest BCUT2D eigenvalue weighted by atomic mass is 35.5. The smallest absolute Gasteiger partial charge is 0.335 e. The molecule has 0 aliphatic carbocycles. The van der Waals surface area contributed by atoms with Gasteiger partial charge in [-0.1, -0.05) is 11.6 Å². The first-order chi connectivity index (χ1) is 8.69. The molecule has 5 nitrogen and oxygen atoms in total. The van der Waals surface area contributed by atoms with Crippen LogP contribution >= 0.6 is 11.6 Å². The van der Waals surface area contributed by atoms with Crippen LogP contribution in [0, 0.1) is 0 Å². The van der Waals surface area contributed by atoms with Gasteiger partial charge in [0.05, 0.1) is 22.8 Å². The van der Waals surface area contributed by atoms with Gasteiger partial charge in [-0.2, -0.15) is 0 Å². The van der Waals surface area contributed by atoms with Crippen molar-refractivity contribution in [1.29, 1.82) is 0 Å². The SMILES string of the molecule is CC(C)(C)NCC(=O)Nc1ccc(C(=O)O)cc1Cl. The summed E-state index contributed by atoms with van der Waals surface area (Å²) >= 11 is 5.91. The van der Waals surface area contributed by atoms with Crippen LogP contribution in [0.1, 0.15) is 31.1 Å². The number of anilines is 1. The summed E-state index contributed by atoms with van der Waals surface area (Å²) in [5, 5.41) is 14.7. The molecular weight excluding hydrogens is 268 g/mol. The fourth-order valence-electron chi connectivity index (χ4n) is 1.29. The number of hydrogen-bond acceptors (Lipinski definition) is 3. The van der Waals surface area contributed by atoms with E-state index in [9.17, 15) is 9.59 Å². The van der Waals surface area contributed by atoms with Crippen LogP contribution in [0.25, 0.3) is 0 Å². The van der Waals surface area contributed by atoms with Gasteiger partial charge in [-0.05, 0) is 39.0 Å². The van der Waals surface area contributed by atoms with E-state index in [0.29, 0.717) is 5.69 Å². The molecule has 1 amide bonds. The van der Waals surface area contributed by atoms with Crippen molar-refractivity contribution < 1.29 is 14.7 Å². The predicted molar refractivity (Wildman–Crippen MR) is 74.8 cm³/mol. The molecule has 0 bridgehead atoms. The van der Waals surface area contributed by atoms with Gasteiger partial charge in [0.25, 0.3) is 0 Å². The van der Waals surface area contributed by atoms with Crippen molar-refractivity contribution in [2.24, 2.45) is 0 Å². The Kier molecular flexibility index (Phi) is 4.91. The second-order valence-corrected chi connectivity index (χ2v) is 5.56. The summed E-state index contributed by atoms with van der Waals surface area (Å²) in [6, 6.07) is 4.17. The van der Waals surface area contributed by atoms with Gasteiger partial charge in [0, 0.05) is 5.54 Å². The standard InChI is InChI=1S/C13H17ClN2O3/c1-13(2,3)15-7-11(17)16-10-5-4-8(12(18)19)6-9(10)14/h4-6,15H,7H2,1-3H3,(H,16,17)(H,18,19). The maximum absolute atomic E-state index is 11.7. The number of rotatable bonds is 4. The van der Waals surface area contributed by atoms with E-state index in [4.69, 9.17) is 16.7 Å². The molecule has 0 aromatic heterocycles. The summed E-state index contributed by atoms with van der Waals surface area (Å²) in [5.74, 6) is -1.30. The number of carbonyl (C=O) groups is 2. The molecule has 0 unspecified atom stereocenters. The molecule has 0 aliphatic heterocycles. The van der Waals surface area contributed by atoms with E-state index in [0.717, 1.165) is 0 Å². The van der Waals surface area contributed by atoms with Gasteiger partial charge in [0.1, 0.15) is 0 Å². The highest BCUT2D eigenvalue weighted by Gasteiger charge is 2.13. The van der Waals surface area contributed by atoms with Crippen molar-refractivity contribution in [1.82, 2.24) is 5.32 Å². The van der Waals surface area contributed by atoms with Crippen LogP contribution in [0.2, 0.25) is 5.02 Å². The molecule has 6 heteroatoms. The lowest BCUT2D eigenvalue weighted by Crippen LogP contribution is -2.41. The second kappa shape index (κ2) is 6.04. The highest BCUT2D eigenvalue weighted by Crippen LogP contribution is 2.22. The summed E-state index contributed by atoms with van der Waals surface area (Å²) in [5.41, 5.74) is 0.317. The Hall–Kier alpha value is -1.59. The van der Waals surface area contributed by atoms with Crippen molar-refractivity contribution in [3.05, 3.63) is 28.8 Å². The van der Waals surface area contributed by atoms with Gasteiger partial charge < -0.3 is 15.7 Å². The molecule has 1 rings (SSSR count). The van der Waals surface area contributed by atoms with Crippen LogP contribution in [0.4, 0.5) is 5.69 Å². The quantitative estimate of drug-likeness (QED) is 0.793. The monoisotopic (exact) mass is 284 g/mol. The fourth-order valence-corrected chi connectivity index (χ4v) is 1.52. The lowest BCUT2D eigenvalue weighted by molar-refractivity contribution is -0.115. The summed E-state index contributed by atoms with van der Waals surface area (Å²) in [6.07, 6.45) is 0. The average molecular weight is 285 g/mol. The van der Waals surface area contributed by atoms with Gasteiger partial charge in [-0.25, -0.2) is 4.79 Å². The molecule has 19 heavy (non-hydrogen) atoms. The second-order valence-electron chi connectivity index (χ2n) is 5.15. The fraction of sp³-hybridized carbons (Fsp3) is 0.385. The van der Waals surface area contributed by atoms with Gasteiger partial charge in [0.15, 0.2) is 0 Å². The predicted octanol–water partition coefficient (Wildman–Crippen LogP) is 2.36. The number of nitrogens with one attached hydrogen (secondary N) is 2. The minimum absolute atomic E-state index is 0.0795. The Morgan fingerprint density at radius 1 is 1.32 bits per heavy atom. The number of amides is 1. The highest BCUT2D eigenvalue weighted by molar-refractivity contribution is 6.34. The topological polar surface area (TPSA) is 78.4 Å². The molecule has 0 atom stereocenters. The zero-order valence-corrected chi connectivity index (χ0v) is 11.8. The number of carboxylic acids is 1. The number of hydrogen-bond donors (Lipinski definition) is 3. The number of halogens is 1. The van der Waals surface area contributed by atoms with Gasteiger partial charge in [0.2, 0.25) is 5.91 Å². The van der Waals surface area contributed by atoms with Crippen molar-refractivity contribution in [3.8, 4) is 0 Å². The van der Waals surface area contributed by atoms with Crippen LogP contribution in [0.15, 0.2) is 18.2 Å². The lowest BCUT2D eigenvalue weighted by Gasteiger charge is -2.20. The first-order valence-electron chi connectivity index (χ1n) is 5.77. The Morgan fingerprint density at radius 2 is 1.95 bits per heavy atom. The van der Waals surface area contributed by atoms with Crippen LogP contribution in [-0.2, 0) is 4.79 Å². The van der Waals surface area contributed by atoms with Crippen LogP contribution in [0.3, 0.4) is 0 Å². The lowest BCUT2D eigenvalue weighted by atomic mass is 10.1. The zero-order valence-electron chi connectivity index (χ0n) is 11.1. The number of aromatic carboxylic acids is 1. The molecule has 0 saturated carbocycles. The van der Waals surface area contributed by atoms with E-state index >= 15 is 0 Å². The number of benzene rings is 1. The number of carboxylic acid groups (broad SMARTS) is 1. The molecule has 0 spiro atoms. The van der Waals surface area contributed by atoms with Crippen molar-refractivity contribution in [2.75, 3.05) is 11.9 Å². The van der Waals surface area contributed by atoms with Gasteiger partial charge in [-0.15, -0.1) is 0 Å². The molecule has 3 N–H and O–H groups in total. The van der Waals surface area contributed by atoms with Crippen molar-refractivity contribution >= 4 is 29.2 Å². The Bertz CT molecular complexity index is 495. The molecule has 104 valence electrons. The van der Waals surface area contributed by atoms with Gasteiger partial charge >= 0.3 is 5.97 Å². The summed E-state index contributed by atoms with van der Waals surface area (Å²) in [7, 11) is 0. The van der Waals surface area contributed by atoms with Gasteiger partial charge in [-0.3, -0.25) is 4.79 Å². The minimum Gasteiger partial charge on any atom is -0.478 e. The van der Waals surface area contributed by atoms with E-state index in [2.05, 4.69) is 10.6 Å². The van der Waals surface area contributed by atoms with E-state index < -0.39 is 5.97 Å². The first-order valence-corrected chi connectivity index (χ1v) is 6.14. The molecule has 0 aliphatic rings. The Labute approximate surface area is 117 Å². The van der Waals surface area contributed by atoms with E-state index in [1.165, 1.54) is 18.2 Å². The normalized spacial score (nSPS) is 11.2. The third-order valence-corrected chi connectivity index (χ3v) is 2.58. The maximum Gasteiger partial charge on any atom is 0.335 e. The van der Waals surface area contributed by atoms with E-state index in [1.54, 1.807) is 0 Å². The summed E-state index contributed by atoms with van der Waals surface area (Å²) in [4.78, 5) is 22.4. The van der Waals surface area contributed by atoms with E-state index in [-0.39, 0.29) is 28.6 Å². The Morgan fingerprint density at radius 3 is 2.42 bits per heavy atom. The molecular formula is C13H17ClN2O3. The first kappa shape index (κ1) is 15.5. The third-order valence-electron chi connectivity index (χ3n) is 2.27. The van der Waals surface area contributed by atoms with Crippen molar-refractivity contribution in [2.45, 2.75) is 26.3 Å². The molecule has 1 aromatic rings. The maximum atomic E-state index is 11.7. The summed E-state index contributed by atoms with van der Waals surface area (Å²) in [6.45, 7) is 6.01. The molecule has 0 radical (unpaired) electrons. The van der Waals surface area contributed by atoms with Crippen LogP contribution < -0.4 is 10.6 Å². The third kappa shape index (κ3) is 5.28. The zero-order chi connectivity index (χ0) is 14.6. The molecule has 0 fully saturated rings. The molecule has 1 aromatic carbocycles.